The number of carboxylic acid groups (broad SMARTS) is 1. The van der Waals surface area contributed by atoms with Gasteiger partial charge in [0.15, 0.2) is 5.69 Å². The van der Waals surface area contributed by atoms with E-state index in [0.717, 1.165) is 15.5 Å². The second kappa shape index (κ2) is 8.68. The molecular formula is C19H18BrN3O4S2. The smallest absolute Gasteiger partial charge is 0.358 e. The molecule has 0 radical (unpaired) electrons. The Morgan fingerprint density at radius 3 is 2.48 bits per heavy atom. The van der Waals surface area contributed by atoms with E-state index < -0.39 is 11.9 Å². The van der Waals surface area contributed by atoms with Crippen LogP contribution in [0.2, 0.25) is 0 Å². The summed E-state index contributed by atoms with van der Waals surface area (Å²) in [6.45, 7) is 5.95. The fourth-order valence-corrected chi connectivity index (χ4v) is 5.44. The van der Waals surface area contributed by atoms with Crippen LogP contribution < -0.4 is 0 Å². The molecule has 3 rings (SSSR count). The van der Waals surface area contributed by atoms with E-state index in [0.29, 0.717) is 20.5 Å². The summed E-state index contributed by atoms with van der Waals surface area (Å²) in [5.41, 5.74) is 2.64. The lowest BCUT2D eigenvalue weighted by atomic mass is 10.1. The molecule has 0 saturated heterocycles. The Morgan fingerprint density at radius 1 is 1.28 bits per heavy atom. The van der Waals surface area contributed by atoms with Crippen LogP contribution in [0.1, 0.15) is 40.4 Å². The molecule has 0 aliphatic rings. The number of rotatable bonds is 6. The first-order valence-corrected chi connectivity index (χ1v) is 11.1. The molecule has 0 aliphatic heterocycles. The summed E-state index contributed by atoms with van der Waals surface area (Å²) in [6, 6.07) is 6.57. The predicted octanol–water partition coefficient (Wildman–Crippen LogP) is 5.05. The third-order valence-corrected chi connectivity index (χ3v) is 7.07. The van der Waals surface area contributed by atoms with Crippen molar-refractivity contribution in [3.8, 4) is 16.4 Å². The molecule has 7 nitrogen and oxygen atoms in total. The maximum absolute atomic E-state index is 12.3. The molecule has 0 fully saturated rings. The van der Waals surface area contributed by atoms with E-state index in [2.05, 4.69) is 34.9 Å². The van der Waals surface area contributed by atoms with Gasteiger partial charge in [-0.25, -0.2) is 14.6 Å². The molecule has 2 heterocycles. The number of hydrogen-bond donors (Lipinski definition) is 1. The van der Waals surface area contributed by atoms with Crippen LogP contribution in [0.15, 0.2) is 32.9 Å². The average Bonchev–Trinajstić information content (AvgIpc) is 3.22. The minimum absolute atomic E-state index is 0.210. The number of carboxylic acids is 1. The number of thiazole rings is 1. The van der Waals surface area contributed by atoms with E-state index in [1.165, 1.54) is 23.1 Å². The third-order valence-electron chi connectivity index (χ3n) is 3.88. The number of halogens is 1. The zero-order chi connectivity index (χ0) is 21.3. The molecule has 1 N–H and O–H groups in total. The zero-order valence-electron chi connectivity index (χ0n) is 16.1. The molecule has 0 unspecified atom stereocenters. The van der Waals surface area contributed by atoms with Crippen LogP contribution in [0.4, 0.5) is 0 Å². The molecule has 3 aromatic rings. The number of nitrogens with zero attached hydrogens (tertiary/aromatic N) is 3. The van der Waals surface area contributed by atoms with Gasteiger partial charge in [-0.3, -0.25) is 0 Å². The van der Waals surface area contributed by atoms with Crippen molar-refractivity contribution in [2.75, 3.05) is 7.11 Å². The van der Waals surface area contributed by atoms with Gasteiger partial charge in [-0.05, 0) is 35.0 Å². The van der Waals surface area contributed by atoms with Gasteiger partial charge in [0, 0.05) is 10.8 Å². The number of ether oxygens (including phenoxy) is 1. The fourth-order valence-electron chi connectivity index (χ4n) is 2.55. The highest BCUT2D eigenvalue weighted by Gasteiger charge is 2.25. The zero-order valence-corrected chi connectivity index (χ0v) is 19.3. The van der Waals surface area contributed by atoms with Gasteiger partial charge in [-0.1, -0.05) is 37.3 Å². The molecule has 152 valence electrons. The van der Waals surface area contributed by atoms with E-state index in [1.807, 2.05) is 0 Å². The molecule has 0 aliphatic carbocycles. The fraction of sp³-hybridized carbons (Fsp3) is 0.263. The Labute approximate surface area is 184 Å². The highest BCUT2D eigenvalue weighted by molar-refractivity contribution is 9.10. The molecule has 0 bridgehead atoms. The number of aryl methyl sites for hydroxylation is 1. The van der Waals surface area contributed by atoms with Crippen molar-refractivity contribution in [3.63, 3.8) is 0 Å². The molecule has 1 aromatic carbocycles. The standard InChI is InChI=1S/C19H18BrN3O4S2/c1-9(2)28-18-14(11-5-7-12(8-6-11)16(24)25)21-19(29-18)23-15(17(26)27-4)13(20)10(3)22-23/h5-9H,1-4H3,(H,24,25). The van der Waals surface area contributed by atoms with Crippen molar-refractivity contribution in [1.29, 1.82) is 0 Å². The average molecular weight is 496 g/mol. The van der Waals surface area contributed by atoms with Crippen LogP contribution in [-0.2, 0) is 4.74 Å². The quantitative estimate of drug-likeness (QED) is 0.377. The maximum Gasteiger partial charge on any atom is 0.358 e. The molecule has 29 heavy (non-hydrogen) atoms. The normalized spacial score (nSPS) is 11.1. The molecule has 2 aromatic heterocycles. The number of carbonyl (C=O) groups excluding carboxylic acids is 1. The molecule has 0 saturated carbocycles. The van der Waals surface area contributed by atoms with Crippen LogP contribution >= 0.6 is 39.0 Å². The Morgan fingerprint density at radius 2 is 1.93 bits per heavy atom. The van der Waals surface area contributed by atoms with E-state index in [1.54, 1.807) is 43.0 Å². The summed E-state index contributed by atoms with van der Waals surface area (Å²) < 4.78 is 7.90. The minimum atomic E-state index is -0.980. The number of esters is 1. The highest BCUT2D eigenvalue weighted by Crippen LogP contribution is 2.40. The minimum Gasteiger partial charge on any atom is -0.478 e. The number of methoxy groups -OCH3 is 1. The van der Waals surface area contributed by atoms with Crippen LogP contribution in [-0.4, -0.2) is 44.2 Å². The Hall–Kier alpha value is -2.17. The first-order valence-electron chi connectivity index (χ1n) is 8.58. The van der Waals surface area contributed by atoms with Crippen molar-refractivity contribution in [3.05, 3.63) is 45.7 Å². The van der Waals surface area contributed by atoms with Gasteiger partial charge in [0.05, 0.1) is 32.7 Å². The van der Waals surface area contributed by atoms with Crippen LogP contribution in [0.3, 0.4) is 0 Å². The second-order valence-corrected chi connectivity index (χ2v) is 9.95. The first kappa shape index (κ1) is 21.5. The van der Waals surface area contributed by atoms with E-state index in [9.17, 15) is 9.59 Å². The predicted molar refractivity (Wildman–Crippen MR) is 116 cm³/mol. The van der Waals surface area contributed by atoms with Crippen molar-refractivity contribution in [2.45, 2.75) is 30.2 Å². The van der Waals surface area contributed by atoms with Crippen molar-refractivity contribution >= 4 is 51.0 Å². The van der Waals surface area contributed by atoms with Gasteiger partial charge in [0.1, 0.15) is 0 Å². The summed E-state index contributed by atoms with van der Waals surface area (Å²) in [5, 5.41) is 14.4. The topological polar surface area (TPSA) is 94.3 Å². The van der Waals surface area contributed by atoms with Crippen LogP contribution in [0.25, 0.3) is 16.4 Å². The van der Waals surface area contributed by atoms with Crippen molar-refractivity contribution in [2.24, 2.45) is 0 Å². The summed E-state index contributed by atoms with van der Waals surface area (Å²) in [5.74, 6) is -1.50. The third kappa shape index (κ3) is 4.39. The molecule has 0 amide bonds. The number of aromatic carboxylic acids is 1. The van der Waals surface area contributed by atoms with Gasteiger partial charge in [0.25, 0.3) is 0 Å². The van der Waals surface area contributed by atoms with Crippen molar-refractivity contribution < 1.29 is 19.4 Å². The first-order chi connectivity index (χ1) is 13.7. The number of aromatic nitrogens is 3. The molecular weight excluding hydrogens is 478 g/mol. The molecule has 0 atom stereocenters. The molecule has 0 spiro atoms. The maximum atomic E-state index is 12.3. The Bertz CT molecular complexity index is 1070. The summed E-state index contributed by atoms with van der Waals surface area (Å²) in [4.78, 5) is 28.2. The Kier molecular flexibility index (Phi) is 6.45. The summed E-state index contributed by atoms with van der Waals surface area (Å²) in [7, 11) is 1.32. The number of carbonyl (C=O) groups is 2. The highest BCUT2D eigenvalue weighted by atomic mass is 79.9. The van der Waals surface area contributed by atoms with E-state index in [-0.39, 0.29) is 11.3 Å². The number of hydrogen-bond acceptors (Lipinski definition) is 7. The molecule has 10 heteroatoms. The van der Waals surface area contributed by atoms with E-state index >= 15 is 0 Å². The van der Waals surface area contributed by atoms with E-state index in [4.69, 9.17) is 14.8 Å². The summed E-state index contributed by atoms with van der Waals surface area (Å²) >= 11 is 6.47. The monoisotopic (exact) mass is 495 g/mol. The van der Waals surface area contributed by atoms with Gasteiger partial charge in [-0.2, -0.15) is 9.78 Å². The lowest BCUT2D eigenvalue weighted by molar-refractivity contribution is 0.0588. The number of benzene rings is 1. The van der Waals surface area contributed by atoms with Crippen LogP contribution in [0.5, 0.6) is 0 Å². The Balaban J connectivity index is 2.15. The SMILES string of the molecule is COC(=O)c1c(Br)c(C)nn1-c1nc(-c2ccc(C(=O)O)cc2)c(SC(C)C)s1. The largest absolute Gasteiger partial charge is 0.478 e. The summed E-state index contributed by atoms with van der Waals surface area (Å²) in [6.07, 6.45) is 0. The lowest BCUT2D eigenvalue weighted by Gasteiger charge is -2.05. The second-order valence-electron chi connectivity index (χ2n) is 6.33. The van der Waals surface area contributed by atoms with Gasteiger partial charge < -0.3 is 9.84 Å². The van der Waals surface area contributed by atoms with Gasteiger partial charge in [0.2, 0.25) is 5.13 Å². The van der Waals surface area contributed by atoms with Gasteiger partial charge >= 0.3 is 11.9 Å². The van der Waals surface area contributed by atoms with Crippen LogP contribution in [0, 0.1) is 6.92 Å². The van der Waals surface area contributed by atoms with Crippen molar-refractivity contribution in [1.82, 2.24) is 14.8 Å². The lowest BCUT2D eigenvalue weighted by Crippen LogP contribution is -2.10. The number of thioether (sulfide) groups is 1. The van der Waals surface area contributed by atoms with Gasteiger partial charge in [-0.15, -0.1) is 11.8 Å².